The molecule has 0 fully saturated rings. The van der Waals surface area contributed by atoms with Gasteiger partial charge in [-0.05, 0) is 39.0 Å². The number of rotatable bonds is 5. The molecule has 2 amide bonds. The third kappa shape index (κ3) is 6.78. The second-order valence-electron chi connectivity index (χ2n) is 5.74. The van der Waals surface area contributed by atoms with Crippen LogP contribution < -0.4 is 16.0 Å². The number of nitrogens with one attached hydrogen (secondary N) is 3. The summed E-state index contributed by atoms with van der Waals surface area (Å²) in [6, 6.07) is 7.40. The molecule has 20 heavy (non-hydrogen) atoms. The summed E-state index contributed by atoms with van der Waals surface area (Å²) in [7, 11) is 0. The summed E-state index contributed by atoms with van der Waals surface area (Å²) < 4.78 is 0. The highest BCUT2D eigenvalue weighted by Gasteiger charge is 2.12. The van der Waals surface area contributed by atoms with E-state index in [-0.39, 0.29) is 17.4 Å². The number of carbonyl (C=O) groups excluding carboxylic acids is 2. The Morgan fingerprint density at radius 2 is 1.80 bits per heavy atom. The van der Waals surface area contributed by atoms with E-state index in [1.54, 1.807) is 0 Å². The van der Waals surface area contributed by atoms with Gasteiger partial charge in [0.15, 0.2) is 0 Å². The van der Waals surface area contributed by atoms with E-state index in [9.17, 15) is 9.59 Å². The number of anilines is 2. The van der Waals surface area contributed by atoms with Crippen molar-refractivity contribution in [3.8, 4) is 0 Å². The zero-order valence-electron chi connectivity index (χ0n) is 12.5. The first-order valence-electron chi connectivity index (χ1n) is 6.69. The van der Waals surface area contributed by atoms with Crippen LogP contribution in [0.15, 0.2) is 24.3 Å². The Labute approximate surface area is 120 Å². The van der Waals surface area contributed by atoms with E-state index in [0.717, 1.165) is 11.4 Å². The van der Waals surface area contributed by atoms with Gasteiger partial charge in [0.1, 0.15) is 0 Å². The van der Waals surface area contributed by atoms with Crippen molar-refractivity contribution >= 4 is 23.2 Å². The van der Waals surface area contributed by atoms with Gasteiger partial charge in [-0.1, -0.05) is 6.07 Å². The van der Waals surface area contributed by atoms with Gasteiger partial charge in [0.2, 0.25) is 11.8 Å². The van der Waals surface area contributed by atoms with Crippen LogP contribution in [0.3, 0.4) is 0 Å². The Morgan fingerprint density at radius 3 is 2.40 bits per heavy atom. The van der Waals surface area contributed by atoms with Gasteiger partial charge in [0.05, 0.1) is 0 Å². The van der Waals surface area contributed by atoms with E-state index < -0.39 is 0 Å². The van der Waals surface area contributed by atoms with Crippen LogP contribution in [0.5, 0.6) is 0 Å². The van der Waals surface area contributed by atoms with Crippen molar-refractivity contribution in [2.45, 2.75) is 39.7 Å². The van der Waals surface area contributed by atoms with Gasteiger partial charge < -0.3 is 16.0 Å². The van der Waals surface area contributed by atoms with Crippen LogP contribution in [0.25, 0.3) is 0 Å². The summed E-state index contributed by atoms with van der Waals surface area (Å²) in [5.74, 6) is -0.0882. The second kappa shape index (κ2) is 6.93. The lowest BCUT2D eigenvalue weighted by Crippen LogP contribution is -2.41. The van der Waals surface area contributed by atoms with Crippen molar-refractivity contribution in [3.63, 3.8) is 0 Å². The maximum Gasteiger partial charge on any atom is 0.222 e. The van der Waals surface area contributed by atoms with Crippen LogP contribution in [0.2, 0.25) is 0 Å². The molecule has 0 aliphatic carbocycles. The predicted octanol–water partition coefficient (Wildman–Crippen LogP) is 2.36. The molecule has 5 nitrogen and oxygen atoms in total. The molecular weight excluding hydrogens is 254 g/mol. The zero-order valence-corrected chi connectivity index (χ0v) is 12.5. The van der Waals surface area contributed by atoms with E-state index in [4.69, 9.17) is 0 Å². The molecule has 0 aliphatic heterocycles. The van der Waals surface area contributed by atoms with E-state index in [1.165, 1.54) is 6.92 Å². The molecule has 0 spiro atoms. The normalized spacial score (nSPS) is 10.8. The lowest BCUT2D eigenvalue weighted by atomic mass is 10.1. The Bertz CT molecular complexity index is 478. The van der Waals surface area contributed by atoms with E-state index in [2.05, 4.69) is 16.0 Å². The highest BCUT2D eigenvalue weighted by Crippen LogP contribution is 2.14. The largest absolute Gasteiger partial charge is 0.384 e. The molecule has 1 rings (SSSR count). The molecule has 0 saturated carbocycles. The molecule has 110 valence electrons. The molecule has 0 saturated heterocycles. The minimum atomic E-state index is -0.206. The van der Waals surface area contributed by atoms with Crippen molar-refractivity contribution in [2.24, 2.45) is 0 Å². The fourth-order valence-electron chi connectivity index (χ4n) is 1.71. The number of benzene rings is 1. The van der Waals surface area contributed by atoms with Gasteiger partial charge >= 0.3 is 0 Å². The van der Waals surface area contributed by atoms with Crippen LogP contribution in [0.4, 0.5) is 11.4 Å². The highest BCUT2D eigenvalue weighted by molar-refractivity contribution is 5.89. The van der Waals surface area contributed by atoms with E-state index in [0.29, 0.717) is 13.0 Å². The molecule has 1 aromatic rings. The van der Waals surface area contributed by atoms with Gasteiger partial charge in [0.25, 0.3) is 0 Å². The van der Waals surface area contributed by atoms with Gasteiger partial charge in [-0.3, -0.25) is 9.59 Å². The van der Waals surface area contributed by atoms with Crippen molar-refractivity contribution in [2.75, 3.05) is 17.2 Å². The quantitative estimate of drug-likeness (QED) is 0.774. The minimum absolute atomic E-state index is 0.0167. The smallest absolute Gasteiger partial charge is 0.222 e. The second-order valence-corrected chi connectivity index (χ2v) is 5.74. The average Bonchev–Trinajstić information content (AvgIpc) is 2.25. The molecule has 3 N–H and O–H groups in total. The lowest BCUT2D eigenvalue weighted by Gasteiger charge is -2.20. The third-order valence-electron chi connectivity index (χ3n) is 2.38. The molecular formula is C15H23N3O2. The molecule has 5 heteroatoms. The summed E-state index contributed by atoms with van der Waals surface area (Å²) in [4.78, 5) is 22.6. The summed E-state index contributed by atoms with van der Waals surface area (Å²) >= 11 is 0. The number of hydrogen-bond donors (Lipinski definition) is 3. The molecule has 0 atom stereocenters. The fraction of sp³-hybridized carbons (Fsp3) is 0.467. The first-order valence-corrected chi connectivity index (χ1v) is 6.69. The number of amides is 2. The Kier molecular flexibility index (Phi) is 5.55. The van der Waals surface area contributed by atoms with Crippen molar-refractivity contribution in [1.82, 2.24) is 5.32 Å². The molecule has 0 heterocycles. The van der Waals surface area contributed by atoms with Gasteiger partial charge in [-0.25, -0.2) is 0 Å². The van der Waals surface area contributed by atoms with Crippen LogP contribution in [0.1, 0.15) is 34.1 Å². The minimum Gasteiger partial charge on any atom is -0.384 e. The summed E-state index contributed by atoms with van der Waals surface area (Å²) in [5, 5.41) is 8.79. The van der Waals surface area contributed by atoms with E-state index >= 15 is 0 Å². The van der Waals surface area contributed by atoms with Gasteiger partial charge in [-0.15, -0.1) is 0 Å². The average molecular weight is 277 g/mol. The van der Waals surface area contributed by atoms with Gasteiger partial charge in [-0.2, -0.15) is 0 Å². The predicted molar refractivity (Wildman–Crippen MR) is 81.7 cm³/mol. The number of carbonyl (C=O) groups is 2. The molecule has 0 aromatic heterocycles. The summed E-state index contributed by atoms with van der Waals surface area (Å²) in [6.45, 7) is 7.88. The Morgan fingerprint density at radius 1 is 1.15 bits per heavy atom. The summed E-state index contributed by atoms with van der Waals surface area (Å²) in [6.07, 6.45) is 0.404. The number of hydrogen-bond acceptors (Lipinski definition) is 3. The lowest BCUT2D eigenvalue weighted by molar-refractivity contribution is -0.122. The van der Waals surface area contributed by atoms with Gasteiger partial charge in [0, 0.05) is 36.8 Å². The first kappa shape index (κ1) is 16.0. The molecule has 0 aliphatic rings. The molecule has 1 aromatic carbocycles. The topological polar surface area (TPSA) is 70.2 Å². The van der Waals surface area contributed by atoms with Crippen molar-refractivity contribution in [3.05, 3.63) is 24.3 Å². The van der Waals surface area contributed by atoms with Crippen molar-refractivity contribution < 1.29 is 9.59 Å². The summed E-state index contributed by atoms with van der Waals surface area (Å²) in [5.41, 5.74) is 1.41. The first-order chi connectivity index (χ1) is 9.26. The highest BCUT2D eigenvalue weighted by atomic mass is 16.2. The molecule has 0 bridgehead atoms. The van der Waals surface area contributed by atoms with Crippen LogP contribution in [0, 0.1) is 0 Å². The van der Waals surface area contributed by atoms with E-state index in [1.807, 2.05) is 45.0 Å². The Hall–Kier alpha value is -2.04. The maximum absolute atomic E-state index is 11.7. The third-order valence-corrected chi connectivity index (χ3v) is 2.38. The molecule has 0 radical (unpaired) electrons. The fourth-order valence-corrected chi connectivity index (χ4v) is 1.71. The Balaban J connectivity index is 2.42. The van der Waals surface area contributed by atoms with Crippen molar-refractivity contribution in [1.29, 1.82) is 0 Å². The van der Waals surface area contributed by atoms with Crippen LogP contribution >= 0.6 is 0 Å². The van der Waals surface area contributed by atoms with Crippen LogP contribution in [-0.2, 0) is 9.59 Å². The maximum atomic E-state index is 11.7. The zero-order chi connectivity index (χ0) is 15.2. The van der Waals surface area contributed by atoms with Crippen LogP contribution in [-0.4, -0.2) is 23.9 Å². The monoisotopic (exact) mass is 277 g/mol. The standard InChI is InChI=1S/C15H23N3O2/c1-11(19)17-13-7-5-6-12(10-13)16-9-8-14(20)18-15(2,3)4/h5-7,10,16H,8-9H2,1-4H3,(H,17,19)(H,18,20). The molecule has 0 unspecified atom stereocenters. The SMILES string of the molecule is CC(=O)Nc1cccc(NCCC(=O)NC(C)(C)C)c1.